The van der Waals surface area contributed by atoms with Crippen molar-refractivity contribution in [3.63, 3.8) is 0 Å². The summed E-state index contributed by atoms with van der Waals surface area (Å²) in [6.45, 7) is 7.74. The van der Waals surface area contributed by atoms with Crippen molar-refractivity contribution in [3.05, 3.63) is 70.8 Å². The van der Waals surface area contributed by atoms with Gasteiger partial charge in [0.1, 0.15) is 0 Å². The second kappa shape index (κ2) is 9.73. The van der Waals surface area contributed by atoms with Crippen LogP contribution in [0.25, 0.3) is 0 Å². The van der Waals surface area contributed by atoms with Gasteiger partial charge in [-0.1, -0.05) is 55.8 Å². The van der Waals surface area contributed by atoms with Gasteiger partial charge in [-0.3, -0.25) is 9.59 Å². The van der Waals surface area contributed by atoms with E-state index in [1.807, 2.05) is 29.2 Å². The van der Waals surface area contributed by atoms with Crippen LogP contribution < -0.4 is 5.32 Å². The van der Waals surface area contributed by atoms with Gasteiger partial charge in [0.15, 0.2) is 0 Å². The van der Waals surface area contributed by atoms with E-state index in [2.05, 4.69) is 50.4 Å². The maximum absolute atomic E-state index is 12.7. The van der Waals surface area contributed by atoms with Crippen molar-refractivity contribution < 1.29 is 9.59 Å². The van der Waals surface area contributed by atoms with Gasteiger partial charge in [-0.2, -0.15) is 0 Å². The fraction of sp³-hybridized carbons (Fsp3) is 0.440. The van der Waals surface area contributed by atoms with E-state index in [9.17, 15) is 9.59 Å². The third kappa shape index (κ3) is 5.93. The van der Waals surface area contributed by atoms with Crippen molar-refractivity contribution in [2.75, 3.05) is 13.1 Å². The van der Waals surface area contributed by atoms with Gasteiger partial charge in [-0.15, -0.1) is 0 Å². The van der Waals surface area contributed by atoms with Crippen molar-refractivity contribution in [1.82, 2.24) is 10.2 Å². The average molecular weight is 393 g/mol. The predicted octanol–water partition coefficient (Wildman–Crippen LogP) is 4.47. The van der Waals surface area contributed by atoms with Crippen molar-refractivity contribution in [2.24, 2.45) is 0 Å². The lowest BCUT2D eigenvalue weighted by atomic mass is 10.00. The van der Waals surface area contributed by atoms with Crippen LogP contribution in [0.4, 0.5) is 0 Å². The molecule has 1 heterocycles. The van der Waals surface area contributed by atoms with E-state index in [-0.39, 0.29) is 17.9 Å². The Morgan fingerprint density at radius 3 is 2.21 bits per heavy atom. The van der Waals surface area contributed by atoms with Crippen LogP contribution in [0.15, 0.2) is 48.5 Å². The predicted molar refractivity (Wildman–Crippen MR) is 117 cm³/mol. The zero-order valence-electron chi connectivity index (χ0n) is 17.8. The number of nitrogens with zero attached hydrogens (tertiary/aromatic N) is 1. The Labute approximate surface area is 174 Å². The number of hydrogen-bond acceptors (Lipinski definition) is 2. The van der Waals surface area contributed by atoms with E-state index in [1.54, 1.807) is 0 Å². The molecule has 0 spiro atoms. The molecular weight excluding hydrogens is 360 g/mol. The second-order valence-corrected chi connectivity index (χ2v) is 8.40. The molecule has 0 aliphatic carbocycles. The molecule has 0 bridgehead atoms. The molecule has 1 N–H and O–H groups in total. The van der Waals surface area contributed by atoms with Crippen LogP contribution in [0, 0.1) is 6.92 Å². The van der Waals surface area contributed by atoms with E-state index in [0.717, 1.165) is 24.8 Å². The summed E-state index contributed by atoms with van der Waals surface area (Å²) < 4.78 is 0. The van der Waals surface area contributed by atoms with Crippen LogP contribution in [0.2, 0.25) is 0 Å². The lowest BCUT2D eigenvalue weighted by Gasteiger charge is -2.32. The average Bonchev–Trinajstić information content (AvgIpc) is 2.73. The van der Waals surface area contributed by atoms with Crippen molar-refractivity contribution in [1.29, 1.82) is 0 Å². The number of hydrogen-bond donors (Lipinski definition) is 1. The molecule has 0 radical (unpaired) electrons. The summed E-state index contributed by atoms with van der Waals surface area (Å²) in [6.07, 6.45) is 2.89. The minimum Gasteiger partial charge on any atom is -0.353 e. The molecule has 0 aromatic heterocycles. The first-order valence-corrected chi connectivity index (χ1v) is 10.7. The fourth-order valence-corrected chi connectivity index (χ4v) is 3.73. The summed E-state index contributed by atoms with van der Waals surface area (Å²) in [5.74, 6) is 0.647. The zero-order chi connectivity index (χ0) is 20.8. The molecule has 29 heavy (non-hydrogen) atoms. The van der Waals surface area contributed by atoms with Gasteiger partial charge in [0.2, 0.25) is 5.91 Å². The molecule has 1 fully saturated rings. The van der Waals surface area contributed by atoms with E-state index in [1.165, 1.54) is 16.7 Å². The molecule has 154 valence electrons. The topological polar surface area (TPSA) is 49.4 Å². The quantitative estimate of drug-likeness (QED) is 0.788. The Bertz CT molecular complexity index is 817. The van der Waals surface area contributed by atoms with E-state index in [0.29, 0.717) is 25.4 Å². The summed E-state index contributed by atoms with van der Waals surface area (Å²) in [5.41, 5.74) is 4.41. The van der Waals surface area contributed by atoms with Gasteiger partial charge in [0.25, 0.3) is 5.91 Å². The molecule has 2 aromatic carbocycles. The monoisotopic (exact) mass is 392 g/mol. The molecule has 1 saturated heterocycles. The van der Waals surface area contributed by atoms with Gasteiger partial charge in [0.05, 0.1) is 0 Å². The first-order valence-electron chi connectivity index (χ1n) is 10.7. The molecule has 1 aliphatic heterocycles. The number of benzene rings is 2. The van der Waals surface area contributed by atoms with Gasteiger partial charge >= 0.3 is 0 Å². The minimum absolute atomic E-state index is 0.0875. The number of rotatable bonds is 6. The third-order valence-electron chi connectivity index (χ3n) is 5.73. The molecule has 1 aliphatic rings. The highest BCUT2D eigenvalue weighted by molar-refractivity contribution is 5.94. The first-order chi connectivity index (χ1) is 13.9. The van der Waals surface area contributed by atoms with Crippen molar-refractivity contribution in [3.8, 4) is 0 Å². The molecule has 4 heteroatoms. The van der Waals surface area contributed by atoms with Crippen LogP contribution in [0.1, 0.15) is 66.1 Å². The molecule has 4 nitrogen and oxygen atoms in total. The van der Waals surface area contributed by atoms with Crippen LogP contribution in [-0.4, -0.2) is 35.8 Å². The highest BCUT2D eigenvalue weighted by atomic mass is 16.2. The standard InChI is InChI=1S/C25H32N2O2/c1-18(2)21-9-11-22(12-10-21)25(29)27-16-14-23(15-17-27)26-24(28)13-8-20-6-4-19(3)5-7-20/h4-7,9-12,18,23H,8,13-17H2,1-3H3,(H,26,28). The summed E-state index contributed by atoms with van der Waals surface area (Å²) in [5, 5.41) is 3.14. The van der Waals surface area contributed by atoms with Crippen LogP contribution >= 0.6 is 0 Å². The highest BCUT2D eigenvalue weighted by Crippen LogP contribution is 2.18. The number of amides is 2. The molecule has 3 rings (SSSR count). The van der Waals surface area contributed by atoms with Gasteiger partial charge in [-0.05, 0) is 55.4 Å². The van der Waals surface area contributed by atoms with E-state index >= 15 is 0 Å². The molecule has 0 saturated carbocycles. The Balaban J connectivity index is 1.43. The smallest absolute Gasteiger partial charge is 0.253 e. The number of likely N-dealkylation sites (tertiary alicyclic amines) is 1. The lowest BCUT2D eigenvalue weighted by molar-refractivity contribution is -0.122. The van der Waals surface area contributed by atoms with Gasteiger partial charge < -0.3 is 10.2 Å². The Morgan fingerprint density at radius 1 is 1.00 bits per heavy atom. The Kier molecular flexibility index (Phi) is 7.08. The van der Waals surface area contributed by atoms with Crippen LogP contribution in [-0.2, 0) is 11.2 Å². The lowest BCUT2D eigenvalue weighted by Crippen LogP contribution is -2.46. The van der Waals surface area contributed by atoms with Crippen molar-refractivity contribution >= 4 is 11.8 Å². The first kappa shape index (κ1) is 21.1. The van der Waals surface area contributed by atoms with Crippen molar-refractivity contribution in [2.45, 2.75) is 58.4 Å². The largest absolute Gasteiger partial charge is 0.353 e. The van der Waals surface area contributed by atoms with Crippen LogP contribution in [0.3, 0.4) is 0 Å². The summed E-state index contributed by atoms with van der Waals surface area (Å²) >= 11 is 0. The summed E-state index contributed by atoms with van der Waals surface area (Å²) in [6, 6.07) is 16.4. The number of nitrogens with one attached hydrogen (secondary N) is 1. The maximum Gasteiger partial charge on any atom is 0.253 e. The fourth-order valence-electron chi connectivity index (χ4n) is 3.73. The summed E-state index contributed by atoms with van der Waals surface area (Å²) in [4.78, 5) is 26.9. The Morgan fingerprint density at radius 2 is 1.62 bits per heavy atom. The highest BCUT2D eigenvalue weighted by Gasteiger charge is 2.24. The van der Waals surface area contributed by atoms with E-state index in [4.69, 9.17) is 0 Å². The van der Waals surface area contributed by atoms with Gasteiger partial charge in [0, 0.05) is 31.1 Å². The molecule has 2 aromatic rings. The van der Waals surface area contributed by atoms with Gasteiger partial charge in [-0.25, -0.2) is 0 Å². The number of piperidine rings is 1. The zero-order valence-corrected chi connectivity index (χ0v) is 17.8. The third-order valence-corrected chi connectivity index (χ3v) is 5.73. The molecular formula is C25H32N2O2. The molecule has 0 atom stereocenters. The normalized spacial score (nSPS) is 14.8. The SMILES string of the molecule is Cc1ccc(CCC(=O)NC2CCN(C(=O)c3ccc(C(C)C)cc3)CC2)cc1. The number of carbonyl (C=O) groups excluding carboxylic acids is 2. The molecule has 0 unspecified atom stereocenters. The second-order valence-electron chi connectivity index (χ2n) is 8.40. The molecule has 2 amide bonds. The summed E-state index contributed by atoms with van der Waals surface area (Å²) in [7, 11) is 0. The van der Waals surface area contributed by atoms with E-state index < -0.39 is 0 Å². The maximum atomic E-state index is 12.7. The number of aryl methyl sites for hydroxylation is 2. The Hall–Kier alpha value is -2.62. The number of carbonyl (C=O) groups is 2. The van der Waals surface area contributed by atoms with Crippen LogP contribution in [0.5, 0.6) is 0 Å². The minimum atomic E-state index is 0.0875.